The van der Waals surface area contributed by atoms with Gasteiger partial charge in [0, 0.05) is 39.1 Å². The highest BCUT2D eigenvalue weighted by molar-refractivity contribution is 5.97. The van der Waals surface area contributed by atoms with Gasteiger partial charge in [-0.15, -0.1) is 0 Å². The molecule has 2 aromatic carbocycles. The molecule has 8 nitrogen and oxygen atoms in total. The van der Waals surface area contributed by atoms with Crippen molar-refractivity contribution in [1.29, 1.82) is 0 Å². The highest BCUT2D eigenvalue weighted by atomic mass is 16.5. The van der Waals surface area contributed by atoms with Crippen LogP contribution in [0.1, 0.15) is 52.2 Å². The van der Waals surface area contributed by atoms with Crippen molar-refractivity contribution >= 4 is 11.8 Å². The van der Waals surface area contributed by atoms with E-state index in [2.05, 4.69) is 22.1 Å². The molecule has 38 heavy (non-hydrogen) atoms. The average Bonchev–Trinajstić information content (AvgIpc) is 2.96. The molecule has 4 rings (SSSR count). The number of benzene rings is 2. The number of hydrogen-bond acceptors (Lipinski definition) is 6. The molecular weight excluding hydrogens is 480 g/mol. The first-order valence-electron chi connectivity index (χ1n) is 13.3. The van der Waals surface area contributed by atoms with E-state index in [9.17, 15) is 9.59 Å². The van der Waals surface area contributed by atoms with Crippen molar-refractivity contribution in [3.8, 4) is 5.75 Å². The number of fused-ring (bicyclic) bond motifs is 1. The van der Waals surface area contributed by atoms with E-state index in [4.69, 9.17) is 9.47 Å². The van der Waals surface area contributed by atoms with Gasteiger partial charge in [-0.2, -0.15) is 0 Å². The van der Waals surface area contributed by atoms with Crippen LogP contribution in [0.15, 0.2) is 73.1 Å². The monoisotopic (exact) mass is 516 g/mol. The first-order valence-corrected chi connectivity index (χ1v) is 13.3. The summed E-state index contributed by atoms with van der Waals surface area (Å²) < 4.78 is 11.6. The van der Waals surface area contributed by atoms with Crippen LogP contribution in [0.3, 0.4) is 0 Å². The molecule has 1 aliphatic rings. The number of hydrogen-bond donors (Lipinski definition) is 0. The Balaban J connectivity index is 1.66. The third-order valence-corrected chi connectivity index (χ3v) is 6.75. The molecule has 0 saturated heterocycles. The van der Waals surface area contributed by atoms with Gasteiger partial charge in [0.05, 0.1) is 18.2 Å². The number of amides is 2. The molecule has 1 aromatic heterocycles. The Hall–Kier alpha value is -3.78. The SMILES string of the molecule is COCCN1CCCCCCN(C(=O)c2ncccn2)[C@@H](Cc2ccccc2)COc2ccccc2C1=O. The summed E-state index contributed by atoms with van der Waals surface area (Å²) in [5.41, 5.74) is 1.62. The zero-order valence-electron chi connectivity index (χ0n) is 22.0. The lowest BCUT2D eigenvalue weighted by atomic mass is 10.0. The Morgan fingerprint density at radius 3 is 2.42 bits per heavy atom. The molecule has 0 saturated carbocycles. The van der Waals surface area contributed by atoms with Crippen LogP contribution in [0.25, 0.3) is 0 Å². The van der Waals surface area contributed by atoms with Crippen molar-refractivity contribution in [3.63, 3.8) is 0 Å². The smallest absolute Gasteiger partial charge is 0.292 e. The second kappa shape index (κ2) is 14.2. The van der Waals surface area contributed by atoms with E-state index in [-0.39, 0.29) is 30.3 Å². The lowest BCUT2D eigenvalue weighted by Gasteiger charge is -2.32. The highest BCUT2D eigenvalue weighted by Gasteiger charge is 2.28. The molecule has 0 unspecified atom stereocenters. The molecule has 8 heteroatoms. The van der Waals surface area contributed by atoms with Gasteiger partial charge in [-0.1, -0.05) is 55.3 Å². The van der Waals surface area contributed by atoms with Crippen molar-refractivity contribution in [1.82, 2.24) is 19.8 Å². The minimum Gasteiger partial charge on any atom is -0.491 e. The van der Waals surface area contributed by atoms with Crippen LogP contribution < -0.4 is 4.74 Å². The molecule has 2 amide bonds. The van der Waals surface area contributed by atoms with Crippen molar-refractivity contribution < 1.29 is 19.1 Å². The summed E-state index contributed by atoms with van der Waals surface area (Å²) >= 11 is 0. The lowest BCUT2D eigenvalue weighted by Crippen LogP contribution is -2.46. The minimum absolute atomic E-state index is 0.0695. The van der Waals surface area contributed by atoms with E-state index in [1.54, 1.807) is 31.6 Å². The van der Waals surface area contributed by atoms with Crippen LogP contribution in [0, 0.1) is 0 Å². The fourth-order valence-electron chi connectivity index (χ4n) is 4.71. The molecule has 1 atom stereocenters. The second-order valence-electron chi connectivity index (χ2n) is 9.42. The van der Waals surface area contributed by atoms with Gasteiger partial charge in [0.1, 0.15) is 12.4 Å². The maximum Gasteiger partial charge on any atom is 0.292 e. The molecule has 0 bridgehead atoms. The summed E-state index contributed by atoms with van der Waals surface area (Å²) in [5.74, 6) is 0.409. The van der Waals surface area contributed by atoms with Gasteiger partial charge in [0.15, 0.2) is 0 Å². The Bertz CT molecular complexity index is 1160. The zero-order chi connectivity index (χ0) is 26.6. The third kappa shape index (κ3) is 7.38. The van der Waals surface area contributed by atoms with Gasteiger partial charge < -0.3 is 19.3 Å². The molecule has 2 heterocycles. The average molecular weight is 517 g/mol. The Morgan fingerprint density at radius 2 is 1.66 bits per heavy atom. The normalized spacial score (nSPS) is 17.3. The molecular formula is C30H36N4O4. The van der Waals surface area contributed by atoms with Crippen LogP contribution in [-0.4, -0.2) is 77.6 Å². The lowest BCUT2D eigenvalue weighted by molar-refractivity contribution is 0.0581. The Kier molecular flexibility index (Phi) is 10.2. The number of rotatable bonds is 6. The number of ether oxygens (including phenoxy) is 2. The minimum atomic E-state index is -0.274. The van der Waals surface area contributed by atoms with Crippen LogP contribution in [0.2, 0.25) is 0 Å². The summed E-state index contributed by atoms with van der Waals surface area (Å²) in [6.45, 7) is 2.46. The molecule has 3 aromatic rings. The Labute approximate surface area is 224 Å². The van der Waals surface area contributed by atoms with Gasteiger partial charge in [-0.05, 0) is 43.0 Å². The number of aromatic nitrogens is 2. The van der Waals surface area contributed by atoms with Gasteiger partial charge in [0.25, 0.3) is 11.8 Å². The fourth-order valence-corrected chi connectivity index (χ4v) is 4.71. The first kappa shape index (κ1) is 27.3. The van der Waals surface area contributed by atoms with E-state index >= 15 is 0 Å². The van der Waals surface area contributed by atoms with Crippen LogP contribution in [0.4, 0.5) is 0 Å². The number of carbonyl (C=O) groups is 2. The number of methoxy groups -OCH3 is 1. The molecule has 0 N–H and O–H groups in total. The summed E-state index contributed by atoms with van der Waals surface area (Å²) in [6, 6.07) is 18.8. The quantitative estimate of drug-likeness (QED) is 0.487. The van der Waals surface area contributed by atoms with Crippen LogP contribution in [0.5, 0.6) is 5.75 Å². The molecule has 0 spiro atoms. The van der Waals surface area contributed by atoms with Gasteiger partial charge in [-0.3, -0.25) is 9.59 Å². The topological polar surface area (TPSA) is 84.9 Å². The zero-order valence-corrected chi connectivity index (χ0v) is 22.0. The van der Waals surface area contributed by atoms with Gasteiger partial charge >= 0.3 is 0 Å². The standard InChI is InChI=1S/C30H36N4O4/c1-37-21-20-33-18-9-2-3-10-19-34(30(36)28-31-16-11-17-32-28)25(22-24-12-5-4-6-13-24)23-38-27-15-8-7-14-26(27)29(33)35/h4-8,11-17,25H,2-3,9-10,18-23H2,1H3/t25-/m0/s1. The van der Waals surface area contributed by atoms with Crippen molar-refractivity contribution in [2.75, 3.05) is 40.0 Å². The molecule has 200 valence electrons. The van der Waals surface area contributed by atoms with Gasteiger partial charge in [0.2, 0.25) is 5.82 Å². The van der Waals surface area contributed by atoms with E-state index in [0.29, 0.717) is 44.0 Å². The summed E-state index contributed by atoms with van der Waals surface area (Å²) in [4.78, 5) is 39.4. The maximum atomic E-state index is 13.7. The number of para-hydroxylation sites is 1. The maximum absolute atomic E-state index is 13.7. The second-order valence-corrected chi connectivity index (χ2v) is 9.42. The van der Waals surface area contributed by atoms with E-state index in [1.807, 2.05) is 46.2 Å². The molecule has 0 fully saturated rings. The largest absolute Gasteiger partial charge is 0.491 e. The van der Waals surface area contributed by atoms with E-state index in [0.717, 1.165) is 31.2 Å². The van der Waals surface area contributed by atoms with Crippen molar-refractivity contribution in [3.05, 3.63) is 90.0 Å². The van der Waals surface area contributed by atoms with E-state index in [1.165, 1.54) is 0 Å². The number of carbonyl (C=O) groups excluding carboxylic acids is 2. The summed E-state index contributed by atoms with van der Waals surface area (Å²) in [6.07, 6.45) is 7.40. The summed E-state index contributed by atoms with van der Waals surface area (Å²) in [5, 5.41) is 0. The molecule has 0 aliphatic carbocycles. The molecule has 1 aliphatic heterocycles. The summed E-state index contributed by atoms with van der Waals surface area (Å²) in [7, 11) is 1.64. The first-order chi connectivity index (χ1) is 18.7. The highest BCUT2D eigenvalue weighted by Crippen LogP contribution is 2.23. The van der Waals surface area contributed by atoms with Crippen LogP contribution >= 0.6 is 0 Å². The van der Waals surface area contributed by atoms with Crippen molar-refractivity contribution in [2.24, 2.45) is 0 Å². The third-order valence-electron chi connectivity index (χ3n) is 6.75. The van der Waals surface area contributed by atoms with Gasteiger partial charge in [-0.25, -0.2) is 9.97 Å². The predicted molar refractivity (Wildman–Crippen MR) is 145 cm³/mol. The Morgan fingerprint density at radius 1 is 0.947 bits per heavy atom. The number of nitrogens with zero attached hydrogens (tertiary/aromatic N) is 4. The predicted octanol–water partition coefficient (Wildman–Crippen LogP) is 4.27. The fraction of sp³-hybridized carbons (Fsp3) is 0.400. The van der Waals surface area contributed by atoms with Crippen molar-refractivity contribution in [2.45, 2.75) is 38.1 Å². The van der Waals surface area contributed by atoms with Crippen LogP contribution in [-0.2, 0) is 11.2 Å². The molecule has 0 radical (unpaired) electrons. The van der Waals surface area contributed by atoms with E-state index < -0.39 is 0 Å².